The van der Waals surface area contributed by atoms with Gasteiger partial charge in [-0.1, -0.05) is 25.1 Å². The van der Waals surface area contributed by atoms with Crippen LogP contribution in [0.1, 0.15) is 12.5 Å². The van der Waals surface area contributed by atoms with E-state index in [9.17, 15) is 4.79 Å². The topological polar surface area (TPSA) is 58.4 Å². The number of nitrogens with two attached hydrogens (primary N) is 1. The minimum absolute atomic E-state index is 0.0378. The number of nitrogens with one attached hydrogen (secondary N) is 1. The molecule has 0 aromatic heterocycles. The van der Waals surface area contributed by atoms with Crippen molar-refractivity contribution in [1.29, 1.82) is 0 Å². The van der Waals surface area contributed by atoms with Gasteiger partial charge >= 0.3 is 0 Å². The molecule has 4 nitrogen and oxygen atoms in total. The highest BCUT2D eigenvalue weighted by molar-refractivity contribution is 5.96. The molecule has 4 heteroatoms. The van der Waals surface area contributed by atoms with Crippen LogP contribution in [-0.4, -0.2) is 12.5 Å². The number of rotatable bonds is 2. The summed E-state index contributed by atoms with van der Waals surface area (Å²) in [7, 11) is 0. The zero-order valence-corrected chi connectivity index (χ0v) is 8.73. The first-order valence-corrected chi connectivity index (χ1v) is 5.09. The van der Waals surface area contributed by atoms with E-state index in [1.807, 2.05) is 31.2 Å². The third-order valence-corrected chi connectivity index (χ3v) is 2.65. The quantitative estimate of drug-likeness (QED) is 0.744. The van der Waals surface area contributed by atoms with Gasteiger partial charge in [0, 0.05) is 13.1 Å². The number of hydrazine groups is 1. The molecule has 1 atom stereocenters. The first kappa shape index (κ1) is 10.1. The van der Waals surface area contributed by atoms with Crippen molar-refractivity contribution >= 4 is 11.6 Å². The highest BCUT2D eigenvalue weighted by Gasteiger charge is 2.29. The van der Waals surface area contributed by atoms with Gasteiger partial charge in [0.1, 0.15) is 0 Å². The molecule has 1 aromatic rings. The van der Waals surface area contributed by atoms with E-state index in [0.717, 1.165) is 11.3 Å². The molecule has 1 aliphatic heterocycles. The molecule has 1 saturated heterocycles. The molecule has 0 radical (unpaired) electrons. The van der Waals surface area contributed by atoms with Crippen LogP contribution < -0.4 is 16.2 Å². The van der Waals surface area contributed by atoms with E-state index in [1.54, 1.807) is 5.01 Å². The van der Waals surface area contributed by atoms with Gasteiger partial charge in [-0.05, 0) is 11.6 Å². The lowest BCUT2D eigenvalue weighted by Gasteiger charge is -2.19. The zero-order valence-electron chi connectivity index (χ0n) is 8.73. The van der Waals surface area contributed by atoms with Crippen LogP contribution in [0.15, 0.2) is 24.3 Å². The molecule has 0 saturated carbocycles. The van der Waals surface area contributed by atoms with Crippen molar-refractivity contribution in [2.24, 2.45) is 11.7 Å². The Kier molecular flexibility index (Phi) is 2.70. The van der Waals surface area contributed by atoms with E-state index in [0.29, 0.717) is 13.1 Å². The second kappa shape index (κ2) is 4.00. The molecule has 1 fully saturated rings. The third kappa shape index (κ3) is 1.73. The van der Waals surface area contributed by atoms with E-state index < -0.39 is 0 Å². The van der Waals surface area contributed by atoms with Crippen LogP contribution in [0.2, 0.25) is 0 Å². The lowest BCUT2D eigenvalue weighted by Crippen LogP contribution is -2.35. The van der Waals surface area contributed by atoms with Gasteiger partial charge in [-0.3, -0.25) is 4.79 Å². The lowest BCUT2D eigenvalue weighted by molar-refractivity contribution is -0.119. The average Bonchev–Trinajstić information content (AvgIpc) is 2.60. The third-order valence-electron chi connectivity index (χ3n) is 2.65. The van der Waals surface area contributed by atoms with E-state index in [1.165, 1.54) is 0 Å². The van der Waals surface area contributed by atoms with Crippen LogP contribution in [0.25, 0.3) is 0 Å². The minimum Gasteiger partial charge on any atom is -0.326 e. The predicted molar refractivity (Wildman–Crippen MR) is 59.0 cm³/mol. The van der Waals surface area contributed by atoms with Gasteiger partial charge in [-0.25, -0.2) is 10.4 Å². The average molecular weight is 205 g/mol. The second-order valence-corrected chi connectivity index (χ2v) is 3.77. The standard InChI is InChI=1S/C11H15N3O/c1-8-7-13-14(11(8)15)10-5-3-2-4-9(10)6-12/h2-5,8,13H,6-7,12H2,1H3. The Balaban J connectivity index is 2.33. The van der Waals surface area contributed by atoms with Crippen molar-refractivity contribution in [3.05, 3.63) is 29.8 Å². The number of nitrogens with zero attached hydrogens (tertiary/aromatic N) is 1. The number of amides is 1. The Morgan fingerprint density at radius 1 is 1.53 bits per heavy atom. The molecule has 1 amide bonds. The van der Waals surface area contributed by atoms with Crippen LogP contribution in [0.3, 0.4) is 0 Å². The van der Waals surface area contributed by atoms with Gasteiger partial charge in [0.25, 0.3) is 0 Å². The first-order valence-electron chi connectivity index (χ1n) is 5.09. The molecule has 0 spiro atoms. The van der Waals surface area contributed by atoms with Crippen molar-refractivity contribution in [2.75, 3.05) is 11.6 Å². The van der Waals surface area contributed by atoms with Gasteiger partial charge in [0.05, 0.1) is 11.6 Å². The summed E-state index contributed by atoms with van der Waals surface area (Å²) < 4.78 is 0. The molecule has 15 heavy (non-hydrogen) atoms. The fourth-order valence-corrected chi connectivity index (χ4v) is 1.72. The molecular formula is C11H15N3O. The molecule has 1 unspecified atom stereocenters. The highest BCUT2D eigenvalue weighted by Crippen LogP contribution is 2.22. The Morgan fingerprint density at radius 2 is 2.27 bits per heavy atom. The highest BCUT2D eigenvalue weighted by atomic mass is 16.2. The minimum atomic E-state index is 0.0378. The number of carbonyl (C=O) groups is 1. The van der Waals surface area contributed by atoms with Crippen molar-refractivity contribution in [3.63, 3.8) is 0 Å². The summed E-state index contributed by atoms with van der Waals surface area (Å²) in [5.74, 6) is 0.145. The lowest BCUT2D eigenvalue weighted by atomic mass is 10.1. The predicted octanol–water partition coefficient (Wildman–Crippen LogP) is 0.633. The number of hydrogen-bond acceptors (Lipinski definition) is 3. The van der Waals surface area contributed by atoms with Gasteiger partial charge in [0.15, 0.2) is 0 Å². The Morgan fingerprint density at radius 3 is 2.87 bits per heavy atom. The van der Waals surface area contributed by atoms with E-state index in [-0.39, 0.29) is 11.8 Å². The van der Waals surface area contributed by atoms with Gasteiger partial charge in [0.2, 0.25) is 5.91 Å². The van der Waals surface area contributed by atoms with Crippen LogP contribution >= 0.6 is 0 Å². The fraction of sp³-hybridized carbons (Fsp3) is 0.364. The molecule has 2 rings (SSSR count). The number of anilines is 1. The fourth-order valence-electron chi connectivity index (χ4n) is 1.72. The maximum absolute atomic E-state index is 11.8. The summed E-state index contributed by atoms with van der Waals surface area (Å²) in [6, 6.07) is 7.68. The molecule has 80 valence electrons. The number of carbonyl (C=O) groups excluding carboxylic acids is 1. The maximum Gasteiger partial charge on any atom is 0.245 e. The maximum atomic E-state index is 11.8. The molecule has 1 aromatic carbocycles. The molecule has 1 aliphatic rings. The molecular weight excluding hydrogens is 190 g/mol. The summed E-state index contributed by atoms with van der Waals surface area (Å²) in [5, 5.41) is 1.60. The Hall–Kier alpha value is -1.39. The summed E-state index contributed by atoms with van der Waals surface area (Å²) >= 11 is 0. The summed E-state index contributed by atoms with van der Waals surface area (Å²) in [4.78, 5) is 11.8. The van der Waals surface area contributed by atoms with Gasteiger partial charge < -0.3 is 5.73 Å². The molecule has 1 heterocycles. The number of benzene rings is 1. The van der Waals surface area contributed by atoms with Crippen LogP contribution in [0, 0.1) is 5.92 Å². The Labute approximate surface area is 89.0 Å². The largest absolute Gasteiger partial charge is 0.326 e. The zero-order chi connectivity index (χ0) is 10.8. The first-order chi connectivity index (χ1) is 7.24. The van der Waals surface area contributed by atoms with Gasteiger partial charge in [-0.2, -0.15) is 0 Å². The van der Waals surface area contributed by atoms with E-state index >= 15 is 0 Å². The Bertz CT molecular complexity index is 378. The van der Waals surface area contributed by atoms with Crippen molar-refractivity contribution in [3.8, 4) is 0 Å². The van der Waals surface area contributed by atoms with Crippen LogP contribution in [0.4, 0.5) is 5.69 Å². The van der Waals surface area contributed by atoms with Crippen LogP contribution in [0.5, 0.6) is 0 Å². The SMILES string of the molecule is CC1CNN(c2ccccc2CN)C1=O. The smallest absolute Gasteiger partial charge is 0.245 e. The van der Waals surface area contributed by atoms with Gasteiger partial charge in [-0.15, -0.1) is 0 Å². The van der Waals surface area contributed by atoms with Crippen molar-refractivity contribution in [2.45, 2.75) is 13.5 Å². The van der Waals surface area contributed by atoms with Crippen molar-refractivity contribution < 1.29 is 4.79 Å². The number of para-hydroxylation sites is 1. The molecule has 0 bridgehead atoms. The molecule has 3 N–H and O–H groups in total. The normalized spacial score (nSPS) is 21.1. The van der Waals surface area contributed by atoms with Crippen molar-refractivity contribution in [1.82, 2.24) is 5.43 Å². The monoisotopic (exact) mass is 205 g/mol. The second-order valence-electron chi connectivity index (χ2n) is 3.77. The number of hydrogen-bond donors (Lipinski definition) is 2. The van der Waals surface area contributed by atoms with E-state index in [4.69, 9.17) is 5.73 Å². The van der Waals surface area contributed by atoms with E-state index in [2.05, 4.69) is 5.43 Å². The molecule has 0 aliphatic carbocycles. The summed E-state index contributed by atoms with van der Waals surface area (Å²) in [6.07, 6.45) is 0. The summed E-state index contributed by atoms with van der Waals surface area (Å²) in [6.45, 7) is 3.05. The summed E-state index contributed by atoms with van der Waals surface area (Å²) in [5.41, 5.74) is 10.6. The van der Waals surface area contributed by atoms with Crippen LogP contribution in [-0.2, 0) is 11.3 Å².